The van der Waals surface area contributed by atoms with E-state index < -0.39 is 0 Å². The molecule has 0 saturated heterocycles. The summed E-state index contributed by atoms with van der Waals surface area (Å²) in [7, 11) is 0. The van der Waals surface area contributed by atoms with Gasteiger partial charge in [0, 0.05) is 12.6 Å². The zero-order valence-corrected chi connectivity index (χ0v) is 10.4. The zero-order chi connectivity index (χ0) is 11.1. The van der Waals surface area contributed by atoms with E-state index >= 15 is 0 Å². The summed E-state index contributed by atoms with van der Waals surface area (Å²) in [5, 5.41) is 12.7. The molecule has 0 spiro atoms. The van der Waals surface area contributed by atoms with E-state index in [4.69, 9.17) is 0 Å². The smallest absolute Gasteiger partial charge is 0.0462 e. The number of aliphatic hydroxyl groups is 1. The third kappa shape index (κ3) is 4.97. The lowest BCUT2D eigenvalue weighted by Crippen LogP contribution is -2.32. The molecule has 0 rings (SSSR count). The largest absolute Gasteiger partial charge is 0.396 e. The highest BCUT2D eigenvalue weighted by Gasteiger charge is 2.21. The molecule has 0 aliphatic carbocycles. The first kappa shape index (κ1) is 13.9. The van der Waals surface area contributed by atoms with Crippen molar-refractivity contribution in [3.63, 3.8) is 0 Å². The van der Waals surface area contributed by atoms with Crippen molar-refractivity contribution in [3.8, 4) is 0 Å². The van der Waals surface area contributed by atoms with Crippen molar-refractivity contribution in [2.75, 3.05) is 13.2 Å². The molecule has 0 aromatic rings. The molecule has 0 aliphatic heterocycles. The lowest BCUT2D eigenvalue weighted by atomic mass is 9.82. The van der Waals surface area contributed by atoms with Gasteiger partial charge in [-0.25, -0.2) is 0 Å². The predicted octanol–water partition coefficient (Wildman–Crippen LogP) is 2.28. The van der Waals surface area contributed by atoms with Crippen molar-refractivity contribution in [1.82, 2.24) is 5.32 Å². The minimum Gasteiger partial charge on any atom is -0.396 e. The molecular formula is C12H27NO. The topological polar surface area (TPSA) is 32.3 Å². The van der Waals surface area contributed by atoms with Gasteiger partial charge in [0.05, 0.1) is 0 Å². The summed E-state index contributed by atoms with van der Waals surface area (Å²) < 4.78 is 0. The summed E-state index contributed by atoms with van der Waals surface area (Å²) in [5.41, 5.74) is 0. The van der Waals surface area contributed by atoms with Crippen molar-refractivity contribution < 1.29 is 5.11 Å². The molecule has 0 aromatic carbocycles. The fourth-order valence-corrected chi connectivity index (χ4v) is 1.89. The maximum absolute atomic E-state index is 9.33. The highest BCUT2D eigenvalue weighted by Crippen LogP contribution is 2.24. The van der Waals surface area contributed by atoms with Gasteiger partial charge in [0.25, 0.3) is 0 Å². The van der Waals surface area contributed by atoms with Crippen LogP contribution >= 0.6 is 0 Å². The fraction of sp³-hybridized carbons (Fsp3) is 1.00. The SMILES string of the molecule is CCNC(C)CC(CO)C(C)C(C)C. The summed E-state index contributed by atoms with van der Waals surface area (Å²) >= 11 is 0. The molecule has 2 N–H and O–H groups in total. The van der Waals surface area contributed by atoms with Crippen molar-refractivity contribution in [3.05, 3.63) is 0 Å². The van der Waals surface area contributed by atoms with Crippen molar-refractivity contribution in [2.24, 2.45) is 17.8 Å². The zero-order valence-electron chi connectivity index (χ0n) is 10.4. The second-order valence-corrected chi connectivity index (χ2v) is 4.74. The third-order valence-corrected chi connectivity index (χ3v) is 3.24. The van der Waals surface area contributed by atoms with Crippen molar-refractivity contribution in [1.29, 1.82) is 0 Å². The summed E-state index contributed by atoms with van der Waals surface area (Å²) in [5.74, 6) is 1.69. The molecule has 0 saturated carbocycles. The molecule has 0 aliphatic rings. The van der Waals surface area contributed by atoms with E-state index in [-0.39, 0.29) is 0 Å². The van der Waals surface area contributed by atoms with E-state index in [1.54, 1.807) is 0 Å². The van der Waals surface area contributed by atoms with Crippen LogP contribution in [0.1, 0.15) is 41.0 Å². The van der Waals surface area contributed by atoms with Crippen LogP contribution in [-0.4, -0.2) is 24.3 Å². The average Bonchev–Trinajstić information content (AvgIpc) is 2.13. The molecule has 2 heteroatoms. The molecular weight excluding hydrogens is 174 g/mol. The first-order valence-corrected chi connectivity index (χ1v) is 5.87. The number of aliphatic hydroxyl groups excluding tert-OH is 1. The molecule has 0 fully saturated rings. The summed E-state index contributed by atoms with van der Waals surface area (Å²) in [6.07, 6.45) is 1.07. The van der Waals surface area contributed by atoms with Crippen LogP contribution in [-0.2, 0) is 0 Å². The first-order valence-electron chi connectivity index (χ1n) is 5.87. The Morgan fingerprint density at radius 1 is 1.14 bits per heavy atom. The van der Waals surface area contributed by atoms with Gasteiger partial charge >= 0.3 is 0 Å². The minimum atomic E-state index is 0.315. The summed E-state index contributed by atoms with van der Waals surface area (Å²) in [6.45, 7) is 12.3. The standard InChI is InChI=1S/C12H27NO/c1-6-13-10(4)7-12(8-14)11(5)9(2)3/h9-14H,6-8H2,1-5H3. The molecule has 0 bridgehead atoms. The summed E-state index contributed by atoms with van der Waals surface area (Å²) in [4.78, 5) is 0. The van der Waals surface area contributed by atoms with Gasteiger partial charge in [-0.05, 0) is 37.6 Å². The Bertz CT molecular complexity index is 136. The van der Waals surface area contributed by atoms with Crippen LogP contribution in [0, 0.1) is 17.8 Å². The molecule has 0 aromatic heterocycles. The molecule has 3 unspecified atom stereocenters. The van der Waals surface area contributed by atoms with Crippen LogP contribution in [0.2, 0.25) is 0 Å². The molecule has 2 nitrogen and oxygen atoms in total. The Hall–Kier alpha value is -0.0800. The lowest BCUT2D eigenvalue weighted by Gasteiger charge is -2.28. The predicted molar refractivity (Wildman–Crippen MR) is 62.3 cm³/mol. The van der Waals surface area contributed by atoms with Gasteiger partial charge in [-0.3, -0.25) is 0 Å². The van der Waals surface area contributed by atoms with Crippen molar-refractivity contribution in [2.45, 2.75) is 47.1 Å². The van der Waals surface area contributed by atoms with Crippen molar-refractivity contribution >= 4 is 0 Å². The molecule has 0 radical (unpaired) electrons. The minimum absolute atomic E-state index is 0.315. The number of hydrogen-bond donors (Lipinski definition) is 2. The second kappa shape index (κ2) is 7.24. The van der Waals surface area contributed by atoms with E-state index in [0.717, 1.165) is 13.0 Å². The maximum atomic E-state index is 9.33. The molecule has 86 valence electrons. The number of nitrogens with one attached hydrogen (secondary N) is 1. The van der Waals surface area contributed by atoms with Gasteiger partial charge in [-0.15, -0.1) is 0 Å². The molecule has 0 amide bonds. The normalized spacial score (nSPS) is 18.2. The van der Waals surface area contributed by atoms with Crippen LogP contribution < -0.4 is 5.32 Å². The number of rotatable bonds is 7. The molecule has 14 heavy (non-hydrogen) atoms. The average molecular weight is 201 g/mol. The monoisotopic (exact) mass is 201 g/mol. The molecule has 3 atom stereocenters. The Labute approximate surface area is 89.1 Å². The van der Waals surface area contributed by atoms with E-state index in [1.165, 1.54) is 0 Å². The third-order valence-electron chi connectivity index (χ3n) is 3.24. The fourth-order valence-electron chi connectivity index (χ4n) is 1.89. The Balaban J connectivity index is 4.01. The van der Waals surface area contributed by atoms with E-state index in [0.29, 0.717) is 30.4 Å². The van der Waals surface area contributed by atoms with Gasteiger partial charge in [0.1, 0.15) is 0 Å². The van der Waals surface area contributed by atoms with Crippen LogP contribution in [0.3, 0.4) is 0 Å². The van der Waals surface area contributed by atoms with Gasteiger partial charge in [0.15, 0.2) is 0 Å². The van der Waals surface area contributed by atoms with E-state index in [1.807, 2.05) is 0 Å². The highest BCUT2D eigenvalue weighted by molar-refractivity contribution is 4.73. The van der Waals surface area contributed by atoms with Gasteiger partial charge < -0.3 is 10.4 Å². The van der Waals surface area contributed by atoms with Crippen LogP contribution in [0.4, 0.5) is 0 Å². The van der Waals surface area contributed by atoms with Gasteiger partial charge in [0.2, 0.25) is 0 Å². The van der Waals surface area contributed by atoms with Crippen LogP contribution in [0.25, 0.3) is 0 Å². The molecule has 0 heterocycles. The quantitative estimate of drug-likeness (QED) is 0.662. The summed E-state index contributed by atoms with van der Waals surface area (Å²) in [6, 6.07) is 0.512. The Morgan fingerprint density at radius 2 is 1.71 bits per heavy atom. The number of hydrogen-bond acceptors (Lipinski definition) is 2. The first-order chi connectivity index (χ1) is 6.52. The highest BCUT2D eigenvalue weighted by atomic mass is 16.3. The lowest BCUT2D eigenvalue weighted by molar-refractivity contribution is 0.139. The van der Waals surface area contributed by atoms with E-state index in [2.05, 4.69) is 39.9 Å². The Kier molecular flexibility index (Phi) is 7.20. The van der Waals surface area contributed by atoms with Gasteiger partial charge in [-0.2, -0.15) is 0 Å². The maximum Gasteiger partial charge on any atom is 0.0462 e. The van der Waals surface area contributed by atoms with Crippen LogP contribution in [0.15, 0.2) is 0 Å². The van der Waals surface area contributed by atoms with E-state index in [9.17, 15) is 5.11 Å². The van der Waals surface area contributed by atoms with Gasteiger partial charge in [-0.1, -0.05) is 27.7 Å². The van der Waals surface area contributed by atoms with Crippen LogP contribution in [0.5, 0.6) is 0 Å². The second-order valence-electron chi connectivity index (χ2n) is 4.74. The Morgan fingerprint density at radius 3 is 2.07 bits per heavy atom.